The molecule has 1 saturated heterocycles. The van der Waals surface area contributed by atoms with Gasteiger partial charge in [-0.3, -0.25) is 0 Å². The van der Waals surface area contributed by atoms with E-state index in [1.54, 1.807) is 30.3 Å². The molecule has 1 aliphatic rings. The molecule has 0 atom stereocenters. The largest absolute Gasteiger partial charge is 0.366 e. The Morgan fingerprint density at radius 1 is 0.880 bits per heavy atom. The van der Waals surface area contributed by atoms with Crippen molar-refractivity contribution in [3.8, 4) is 0 Å². The van der Waals surface area contributed by atoms with Crippen LogP contribution in [-0.4, -0.2) is 38.9 Å². The Labute approximate surface area is 159 Å². The molecule has 1 fully saturated rings. The molecule has 4 nitrogen and oxygen atoms in total. The van der Waals surface area contributed by atoms with Crippen molar-refractivity contribution in [1.29, 1.82) is 0 Å². The van der Waals surface area contributed by atoms with Gasteiger partial charge in [0.15, 0.2) is 0 Å². The molecule has 0 radical (unpaired) electrons. The van der Waals surface area contributed by atoms with Crippen LogP contribution in [0.2, 0.25) is 10.0 Å². The van der Waals surface area contributed by atoms with E-state index in [1.165, 1.54) is 4.31 Å². The van der Waals surface area contributed by atoms with E-state index in [2.05, 4.69) is 0 Å². The van der Waals surface area contributed by atoms with Gasteiger partial charge >= 0.3 is 0 Å². The summed E-state index contributed by atoms with van der Waals surface area (Å²) in [6, 6.07) is 10.6. The van der Waals surface area contributed by atoms with Crippen molar-refractivity contribution in [3.63, 3.8) is 0 Å². The van der Waals surface area contributed by atoms with Gasteiger partial charge in [-0.2, -0.15) is 4.31 Å². The van der Waals surface area contributed by atoms with E-state index in [1.807, 2.05) is 24.8 Å². The summed E-state index contributed by atoms with van der Waals surface area (Å²) >= 11 is 12.5. The fourth-order valence-corrected chi connectivity index (χ4v) is 5.11. The fraction of sp³-hybridized carbons (Fsp3) is 0.333. The molecule has 0 bridgehead atoms. The highest BCUT2D eigenvalue weighted by Gasteiger charge is 2.29. The van der Waals surface area contributed by atoms with E-state index in [-0.39, 0.29) is 0 Å². The minimum Gasteiger partial charge on any atom is -0.366 e. The number of piperazine rings is 1. The molecule has 0 amide bonds. The van der Waals surface area contributed by atoms with Crippen LogP contribution in [-0.2, 0) is 10.0 Å². The van der Waals surface area contributed by atoms with Crippen LogP contribution in [0.15, 0.2) is 41.3 Å². The van der Waals surface area contributed by atoms with Crippen molar-refractivity contribution in [1.82, 2.24) is 4.31 Å². The maximum absolute atomic E-state index is 12.9. The number of aryl methyl sites for hydroxylation is 2. The zero-order valence-corrected chi connectivity index (χ0v) is 16.5. The van der Waals surface area contributed by atoms with Gasteiger partial charge in [0.1, 0.15) is 0 Å². The van der Waals surface area contributed by atoms with E-state index in [0.29, 0.717) is 41.1 Å². The Hall–Kier alpha value is -1.27. The molecule has 0 unspecified atom stereocenters. The monoisotopic (exact) mass is 398 g/mol. The smallest absolute Gasteiger partial charge is 0.243 e. The molecule has 3 rings (SSSR count). The first-order chi connectivity index (χ1) is 11.8. The summed E-state index contributed by atoms with van der Waals surface area (Å²) in [6.45, 7) is 5.79. The van der Waals surface area contributed by atoms with Crippen LogP contribution in [0.3, 0.4) is 0 Å². The van der Waals surface area contributed by atoms with Gasteiger partial charge in [-0.1, -0.05) is 35.3 Å². The number of hydrogen-bond donors (Lipinski definition) is 0. The van der Waals surface area contributed by atoms with E-state index >= 15 is 0 Å². The Bertz CT molecular complexity index is 872. The van der Waals surface area contributed by atoms with Gasteiger partial charge in [-0.25, -0.2) is 8.42 Å². The van der Waals surface area contributed by atoms with Crippen molar-refractivity contribution in [2.45, 2.75) is 18.7 Å². The third kappa shape index (κ3) is 3.65. The Balaban J connectivity index is 1.78. The van der Waals surface area contributed by atoms with Crippen molar-refractivity contribution in [3.05, 3.63) is 57.6 Å². The van der Waals surface area contributed by atoms with Crippen molar-refractivity contribution in [2.24, 2.45) is 0 Å². The minimum atomic E-state index is -3.49. The first kappa shape index (κ1) is 18.5. The van der Waals surface area contributed by atoms with Gasteiger partial charge in [0.25, 0.3) is 0 Å². The Morgan fingerprint density at radius 2 is 1.48 bits per heavy atom. The number of anilines is 1. The predicted molar refractivity (Wildman–Crippen MR) is 103 cm³/mol. The normalized spacial score (nSPS) is 16.2. The highest BCUT2D eigenvalue weighted by molar-refractivity contribution is 7.89. The first-order valence-corrected chi connectivity index (χ1v) is 10.3. The summed E-state index contributed by atoms with van der Waals surface area (Å²) in [4.78, 5) is 2.39. The fourth-order valence-electron chi connectivity index (χ4n) is 2.97. The van der Waals surface area contributed by atoms with Crippen LogP contribution in [0.25, 0.3) is 0 Å². The number of para-hydroxylation sites is 1. The number of halogens is 2. The van der Waals surface area contributed by atoms with Crippen molar-refractivity contribution < 1.29 is 8.42 Å². The second-order valence-corrected chi connectivity index (χ2v) is 8.96. The predicted octanol–water partition coefficient (Wildman–Crippen LogP) is 4.12. The minimum absolute atomic E-state index is 0.347. The van der Waals surface area contributed by atoms with Crippen LogP contribution in [0, 0.1) is 13.8 Å². The molecule has 2 aromatic rings. The quantitative estimate of drug-likeness (QED) is 0.780. The van der Waals surface area contributed by atoms with Crippen LogP contribution in [0.4, 0.5) is 5.69 Å². The molecule has 25 heavy (non-hydrogen) atoms. The molecule has 0 aliphatic carbocycles. The lowest BCUT2D eigenvalue weighted by atomic mass is 10.1. The Morgan fingerprint density at radius 3 is 2.04 bits per heavy atom. The maximum atomic E-state index is 12.9. The molecule has 7 heteroatoms. The van der Waals surface area contributed by atoms with Gasteiger partial charge in [-0.05, 0) is 49.2 Å². The average molecular weight is 399 g/mol. The molecule has 134 valence electrons. The summed E-state index contributed by atoms with van der Waals surface area (Å²) < 4.78 is 27.3. The summed E-state index contributed by atoms with van der Waals surface area (Å²) in [5.74, 6) is 0. The number of benzene rings is 2. The molecule has 0 spiro atoms. The molecule has 1 aliphatic heterocycles. The first-order valence-electron chi connectivity index (χ1n) is 8.07. The number of rotatable bonds is 3. The Kier molecular flexibility index (Phi) is 5.30. The highest BCUT2D eigenvalue weighted by Crippen LogP contribution is 2.34. The van der Waals surface area contributed by atoms with Crippen molar-refractivity contribution >= 4 is 38.9 Å². The lowest BCUT2D eigenvalue weighted by Gasteiger charge is -2.36. The van der Waals surface area contributed by atoms with Gasteiger partial charge in [-0.15, -0.1) is 0 Å². The van der Waals surface area contributed by atoms with Crippen LogP contribution < -0.4 is 4.90 Å². The molecular weight excluding hydrogens is 379 g/mol. The third-order valence-electron chi connectivity index (χ3n) is 4.61. The number of hydrogen-bond acceptors (Lipinski definition) is 3. The van der Waals surface area contributed by atoms with Crippen LogP contribution in [0.1, 0.15) is 11.1 Å². The lowest BCUT2D eigenvalue weighted by molar-refractivity contribution is 0.385. The molecule has 0 N–H and O–H groups in total. The SMILES string of the molecule is Cc1ccc(S(=O)(=O)N2CCN(c3c(Cl)cccc3Cl)CC2)cc1C. The topological polar surface area (TPSA) is 40.6 Å². The lowest BCUT2D eigenvalue weighted by Crippen LogP contribution is -2.48. The summed E-state index contributed by atoms with van der Waals surface area (Å²) in [5.41, 5.74) is 2.83. The molecule has 1 heterocycles. The van der Waals surface area contributed by atoms with Crippen molar-refractivity contribution in [2.75, 3.05) is 31.1 Å². The van der Waals surface area contributed by atoms with Crippen LogP contribution >= 0.6 is 23.2 Å². The average Bonchev–Trinajstić information content (AvgIpc) is 2.57. The molecule has 0 saturated carbocycles. The molecular formula is C18H20Cl2N2O2S. The maximum Gasteiger partial charge on any atom is 0.243 e. The zero-order chi connectivity index (χ0) is 18.2. The van der Waals surface area contributed by atoms with E-state index < -0.39 is 10.0 Å². The second kappa shape index (κ2) is 7.16. The number of sulfonamides is 1. The van der Waals surface area contributed by atoms with E-state index in [4.69, 9.17) is 23.2 Å². The summed E-state index contributed by atoms with van der Waals surface area (Å²) in [6.07, 6.45) is 0. The third-order valence-corrected chi connectivity index (χ3v) is 7.11. The van der Waals surface area contributed by atoms with Gasteiger partial charge in [0.2, 0.25) is 10.0 Å². The second-order valence-electron chi connectivity index (χ2n) is 6.21. The molecule has 0 aromatic heterocycles. The highest BCUT2D eigenvalue weighted by atomic mass is 35.5. The van der Waals surface area contributed by atoms with Crippen LogP contribution in [0.5, 0.6) is 0 Å². The summed E-state index contributed by atoms with van der Waals surface area (Å²) in [5, 5.41) is 1.16. The van der Waals surface area contributed by atoms with Gasteiger partial charge in [0.05, 0.1) is 20.6 Å². The van der Waals surface area contributed by atoms with Gasteiger partial charge in [0, 0.05) is 26.2 Å². The standard InChI is InChI=1S/C18H20Cl2N2O2S/c1-13-6-7-15(12-14(13)2)25(23,24)22-10-8-21(9-11-22)18-16(19)4-3-5-17(18)20/h3-7,12H,8-11H2,1-2H3. The molecule has 2 aromatic carbocycles. The van der Waals surface area contributed by atoms with E-state index in [0.717, 1.165) is 16.8 Å². The zero-order valence-electron chi connectivity index (χ0n) is 14.2. The summed E-state index contributed by atoms with van der Waals surface area (Å²) in [7, 11) is -3.49. The van der Waals surface area contributed by atoms with Gasteiger partial charge < -0.3 is 4.90 Å². The number of nitrogens with zero attached hydrogens (tertiary/aromatic N) is 2. The van der Waals surface area contributed by atoms with E-state index in [9.17, 15) is 8.42 Å².